The average Bonchev–Trinajstić information content (AvgIpc) is 2.94. The topological polar surface area (TPSA) is 56.5 Å². The first-order valence-corrected chi connectivity index (χ1v) is 6.12. The fourth-order valence-electron chi connectivity index (χ4n) is 2.12. The summed E-state index contributed by atoms with van der Waals surface area (Å²) in [7, 11) is 0. The Balaban J connectivity index is 1.69. The van der Waals surface area contributed by atoms with E-state index in [4.69, 9.17) is 14.6 Å². The number of ether oxygens (including phenoxy) is 2. The summed E-state index contributed by atoms with van der Waals surface area (Å²) < 4.78 is 13.1. The van der Waals surface area contributed by atoms with Crippen LogP contribution in [-0.4, -0.2) is 33.7 Å². The number of aliphatic hydroxyl groups is 1. The summed E-state index contributed by atoms with van der Waals surface area (Å²) in [5, 5.41) is 9.05. The second kappa shape index (κ2) is 5.62. The number of rotatable bonds is 6. The molecule has 5 nitrogen and oxygen atoms in total. The van der Waals surface area contributed by atoms with E-state index in [1.165, 1.54) is 0 Å². The Kier molecular flexibility index (Phi) is 4.15. The van der Waals surface area contributed by atoms with E-state index < -0.39 is 0 Å². The van der Waals surface area contributed by atoms with Crippen molar-refractivity contribution in [2.75, 3.05) is 13.2 Å². The Bertz CT molecular complexity index is 345. The van der Waals surface area contributed by atoms with Gasteiger partial charge in [-0.2, -0.15) is 0 Å². The lowest BCUT2D eigenvalue weighted by Gasteiger charge is -2.21. The van der Waals surface area contributed by atoms with Gasteiger partial charge in [0.25, 0.3) is 0 Å². The van der Waals surface area contributed by atoms with Crippen LogP contribution in [0.1, 0.15) is 32.0 Å². The molecule has 0 aromatic carbocycles. The summed E-state index contributed by atoms with van der Waals surface area (Å²) in [4.78, 5) is 4.07. The summed E-state index contributed by atoms with van der Waals surface area (Å²) in [6.07, 6.45) is 6.60. The van der Waals surface area contributed by atoms with Crippen LogP contribution in [0.4, 0.5) is 0 Å². The molecule has 5 heteroatoms. The zero-order chi connectivity index (χ0) is 12.1. The second-order valence-corrected chi connectivity index (χ2v) is 4.48. The minimum absolute atomic E-state index is 0.00304. The Morgan fingerprint density at radius 1 is 1.41 bits per heavy atom. The SMILES string of the molecule is CC1(CCCCn2ccnc2CO)OCCO1. The Morgan fingerprint density at radius 2 is 2.18 bits per heavy atom. The standard InChI is InChI=1S/C12H20N2O3/c1-12(16-8-9-17-12)4-2-3-6-14-7-5-13-11(14)10-15/h5,7,15H,2-4,6,8-10H2,1H3. The number of hydrogen-bond donors (Lipinski definition) is 1. The molecule has 1 fully saturated rings. The van der Waals surface area contributed by atoms with Crippen LogP contribution in [0.5, 0.6) is 0 Å². The molecule has 1 aliphatic rings. The lowest BCUT2D eigenvalue weighted by molar-refractivity contribution is -0.147. The molecule has 0 unspecified atom stereocenters. The van der Waals surface area contributed by atoms with E-state index in [9.17, 15) is 0 Å². The number of unbranched alkanes of at least 4 members (excludes halogenated alkanes) is 1. The molecular weight excluding hydrogens is 220 g/mol. The summed E-state index contributed by atoms with van der Waals surface area (Å²) in [5.74, 6) is 0.346. The lowest BCUT2D eigenvalue weighted by Crippen LogP contribution is -2.25. The van der Waals surface area contributed by atoms with Gasteiger partial charge in [-0.3, -0.25) is 0 Å². The maximum atomic E-state index is 9.05. The van der Waals surface area contributed by atoms with Crippen LogP contribution in [-0.2, 0) is 22.6 Å². The number of nitrogens with zero attached hydrogens (tertiary/aromatic N) is 2. The van der Waals surface area contributed by atoms with Gasteiger partial charge in [0, 0.05) is 25.4 Å². The average molecular weight is 240 g/mol. The van der Waals surface area contributed by atoms with Gasteiger partial charge in [0.2, 0.25) is 0 Å². The molecule has 0 radical (unpaired) electrons. The van der Waals surface area contributed by atoms with Gasteiger partial charge in [0.05, 0.1) is 13.2 Å². The van der Waals surface area contributed by atoms with E-state index in [2.05, 4.69) is 4.98 Å². The second-order valence-electron chi connectivity index (χ2n) is 4.48. The summed E-state index contributed by atoms with van der Waals surface area (Å²) in [6, 6.07) is 0. The third-order valence-electron chi connectivity index (χ3n) is 3.12. The van der Waals surface area contributed by atoms with Crippen LogP contribution in [0.2, 0.25) is 0 Å². The number of aryl methyl sites for hydroxylation is 1. The Morgan fingerprint density at radius 3 is 2.88 bits per heavy atom. The highest BCUT2D eigenvalue weighted by Gasteiger charge is 2.29. The molecule has 1 aliphatic heterocycles. The van der Waals surface area contributed by atoms with Crippen molar-refractivity contribution in [3.05, 3.63) is 18.2 Å². The van der Waals surface area contributed by atoms with Gasteiger partial charge in [-0.15, -0.1) is 0 Å². The molecule has 1 aromatic rings. The van der Waals surface area contributed by atoms with Gasteiger partial charge >= 0.3 is 0 Å². The molecule has 0 saturated carbocycles. The molecule has 2 heterocycles. The zero-order valence-electron chi connectivity index (χ0n) is 10.3. The molecular formula is C12H20N2O3. The Hall–Kier alpha value is -0.910. The summed E-state index contributed by atoms with van der Waals surface area (Å²) >= 11 is 0. The maximum absolute atomic E-state index is 9.05. The van der Waals surface area contributed by atoms with E-state index in [-0.39, 0.29) is 12.4 Å². The number of aromatic nitrogens is 2. The highest BCUT2D eigenvalue weighted by atomic mass is 16.7. The van der Waals surface area contributed by atoms with Crippen LogP contribution in [0, 0.1) is 0 Å². The predicted molar refractivity (Wildman–Crippen MR) is 62.3 cm³/mol. The van der Waals surface area contributed by atoms with Crippen molar-refractivity contribution >= 4 is 0 Å². The number of hydrogen-bond acceptors (Lipinski definition) is 4. The van der Waals surface area contributed by atoms with Crippen molar-refractivity contribution < 1.29 is 14.6 Å². The Labute approximate surface area is 101 Å². The van der Waals surface area contributed by atoms with Gasteiger partial charge in [0.1, 0.15) is 12.4 Å². The van der Waals surface area contributed by atoms with E-state index >= 15 is 0 Å². The summed E-state index contributed by atoms with van der Waals surface area (Å²) in [5.41, 5.74) is 0. The van der Waals surface area contributed by atoms with Crippen molar-refractivity contribution in [3.8, 4) is 0 Å². The molecule has 17 heavy (non-hydrogen) atoms. The van der Waals surface area contributed by atoms with Crippen molar-refractivity contribution in [2.45, 2.75) is 45.1 Å². The summed E-state index contributed by atoms with van der Waals surface area (Å²) in [6.45, 7) is 4.28. The van der Waals surface area contributed by atoms with Gasteiger partial charge in [-0.25, -0.2) is 4.98 Å². The molecule has 1 saturated heterocycles. The van der Waals surface area contributed by atoms with Crippen molar-refractivity contribution in [2.24, 2.45) is 0 Å². The van der Waals surface area contributed by atoms with Crippen molar-refractivity contribution in [3.63, 3.8) is 0 Å². The first-order valence-electron chi connectivity index (χ1n) is 6.12. The molecule has 0 aliphatic carbocycles. The van der Waals surface area contributed by atoms with Crippen molar-refractivity contribution in [1.82, 2.24) is 9.55 Å². The van der Waals surface area contributed by atoms with Crippen LogP contribution >= 0.6 is 0 Å². The minimum Gasteiger partial charge on any atom is -0.388 e. The molecule has 0 bridgehead atoms. The highest BCUT2D eigenvalue weighted by molar-refractivity contribution is 4.89. The van der Waals surface area contributed by atoms with Crippen molar-refractivity contribution in [1.29, 1.82) is 0 Å². The highest BCUT2D eigenvalue weighted by Crippen LogP contribution is 2.24. The van der Waals surface area contributed by atoms with Gasteiger partial charge in [-0.1, -0.05) is 0 Å². The quantitative estimate of drug-likeness (QED) is 0.762. The third kappa shape index (κ3) is 3.28. The number of imidazole rings is 1. The first-order chi connectivity index (χ1) is 8.23. The minimum atomic E-state index is -0.380. The van der Waals surface area contributed by atoms with Gasteiger partial charge in [0.15, 0.2) is 5.79 Å². The van der Waals surface area contributed by atoms with E-state index in [1.807, 2.05) is 17.7 Å². The normalized spacial score (nSPS) is 18.7. The molecule has 0 atom stereocenters. The van der Waals surface area contributed by atoms with Crippen LogP contribution < -0.4 is 0 Å². The molecule has 2 rings (SSSR count). The monoisotopic (exact) mass is 240 g/mol. The fourth-order valence-corrected chi connectivity index (χ4v) is 2.12. The van der Waals surface area contributed by atoms with Gasteiger partial charge < -0.3 is 19.1 Å². The molecule has 0 spiro atoms. The maximum Gasteiger partial charge on any atom is 0.165 e. The number of aliphatic hydroxyl groups excluding tert-OH is 1. The molecule has 1 N–H and O–H groups in total. The zero-order valence-corrected chi connectivity index (χ0v) is 10.3. The first kappa shape index (κ1) is 12.5. The fraction of sp³-hybridized carbons (Fsp3) is 0.750. The predicted octanol–water partition coefficient (Wildman–Crippen LogP) is 1.31. The largest absolute Gasteiger partial charge is 0.388 e. The van der Waals surface area contributed by atoms with Crippen LogP contribution in [0.3, 0.4) is 0 Å². The van der Waals surface area contributed by atoms with E-state index in [0.717, 1.165) is 31.6 Å². The molecule has 96 valence electrons. The van der Waals surface area contributed by atoms with Gasteiger partial charge in [-0.05, 0) is 19.8 Å². The molecule has 0 amide bonds. The smallest absolute Gasteiger partial charge is 0.165 e. The molecule has 1 aromatic heterocycles. The van der Waals surface area contributed by atoms with E-state index in [1.54, 1.807) is 6.20 Å². The lowest BCUT2D eigenvalue weighted by atomic mass is 10.1. The van der Waals surface area contributed by atoms with E-state index in [0.29, 0.717) is 13.2 Å². The van der Waals surface area contributed by atoms with Crippen LogP contribution in [0.15, 0.2) is 12.4 Å². The van der Waals surface area contributed by atoms with Crippen LogP contribution in [0.25, 0.3) is 0 Å². The third-order valence-corrected chi connectivity index (χ3v) is 3.12.